The van der Waals surface area contributed by atoms with Gasteiger partial charge < -0.3 is 10.4 Å². The fourth-order valence-electron chi connectivity index (χ4n) is 2.38. The zero-order chi connectivity index (χ0) is 12.1. The van der Waals surface area contributed by atoms with Gasteiger partial charge in [0.2, 0.25) is 0 Å². The average Bonchev–Trinajstić information content (AvgIpc) is 2.54. The molecule has 3 heteroatoms. The number of aryl methyl sites for hydroxylation is 2. The molecule has 0 radical (unpaired) electrons. The summed E-state index contributed by atoms with van der Waals surface area (Å²) in [4.78, 5) is 10.5. The monoisotopic (exact) mass is 233 g/mol. The van der Waals surface area contributed by atoms with Gasteiger partial charge in [-0.15, -0.1) is 0 Å². The number of carboxylic acid groups (broad SMARTS) is 1. The first kappa shape index (κ1) is 12.0. The lowest BCUT2D eigenvalue weighted by Gasteiger charge is -2.13. The van der Waals surface area contributed by atoms with Crippen molar-refractivity contribution in [2.45, 2.75) is 38.5 Å². The summed E-state index contributed by atoms with van der Waals surface area (Å²) < 4.78 is 0. The molecule has 1 aliphatic heterocycles. The van der Waals surface area contributed by atoms with E-state index < -0.39 is 5.97 Å². The lowest BCUT2D eigenvalue weighted by Crippen LogP contribution is -2.04. The fourth-order valence-corrected chi connectivity index (χ4v) is 2.38. The molecular weight excluding hydrogens is 214 g/mol. The number of aliphatic carboxylic acids is 1. The molecule has 0 aromatic heterocycles. The second-order valence-electron chi connectivity index (χ2n) is 4.58. The van der Waals surface area contributed by atoms with Crippen molar-refractivity contribution in [2.75, 3.05) is 11.9 Å². The molecular formula is C14H19NO2. The predicted octanol–water partition coefficient (Wildman–Crippen LogP) is 2.84. The van der Waals surface area contributed by atoms with E-state index in [1.54, 1.807) is 0 Å². The van der Waals surface area contributed by atoms with Crippen LogP contribution in [0.25, 0.3) is 0 Å². The lowest BCUT2D eigenvalue weighted by atomic mass is 10.00. The van der Waals surface area contributed by atoms with Crippen LogP contribution >= 0.6 is 0 Å². The van der Waals surface area contributed by atoms with Gasteiger partial charge in [0.1, 0.15) is 0 Å². The van der Waals surface area contributed by atoms with E-state index in [4.69, 9.17) is 5.11 Å². The Morgan fingerprint density at radius 1 is 1.35 bits per heavy atom. The van der Waals surface area contributed by atoms with Gasteiger partial charge in [-0.1, -0.05) is 18.2 Å². The highest BCUT2D eigenvalue weighted by atomic mass is 16.4. The second kappa shape index (κ2) is 5.71. The first-order chi connectivity index (χ1) is 8.27. The molecule has 2 N–H and O–H groups in total. The molecule has 2 rings (SSSR count). The van der Waals surface area contributed by atoms with E-state index in [0.717, 1.165) is 19.4 Å². The van der Waals surface area contributed by atoms with Crippen LogP contribution in [0.4, 0.5) is 5.69 Å². The van der Waals surface area contributed by atoms with Crippen LogP contribution in [0.1, 0.15) is 36.8 Å². The Morgan fingerprint density at radius 2 is 2.24 bits per heavy atom. The highest BCUT2D eigenvalue weighted by Crippen LogP contribution is 2.26. The van der Waals surface area contributed by atoms with Crippen molar-refractivity contribution in [3.05, 3.63) is 29.3 Å². The van der Waals surface area contributed by atoms with Crippen LogP contribution in [0.15, 0.2) is 18.2 Å². The normalized spacial score (nSPS) is 14.6. The number of nitrogens with one attached hydrogen (secondary N) is 1. The van der Waals surface area contributed by atoms with Gasteiger partial charge in [-0.25, -0.2) is 0 Å². The average molecular weight is 233 g/mol. The number of fused-ring (bicyclic) bond motifs is 1. The number of benzene rings is 1. The standard InChI is InChI=1S/C14H19NO2/c16-13(17)9-4-8-12-7-3-6-11-5-1-2-10-15-14(11)12/h3,6-7,15H,1-2,4-5,8-10H2,(H,16,17). The van der Waals surface area contributed by atoms with E-state index in [1.807, 2.05) is 0 Å². The van der Waals surface area contributed by atoms with Crippen LogP contribution in [0.3, 0.4) is 0 Å². The maximum Gasteiger partial charge on any atom is 0.303 e. The molecule has 92 valence electrons. The summed E-state index contributed by atoms with van der Waals surface area (Å²) in [5, 5.41) is 12.1. The van der Waals surface area contributed by atoms with E-state index in [0.29, 0.717) is 6.42 Å². The zero-order valence-electron chi connectivity index (χ0n) is 10.0. The highest BCUT2D eigenvalue weighted by Gasteiger charge is 2.11. The van der Waals surface area contributed by atoms with Crippen LogP contribution in [-0.2, 0) is 17.6 Å². The number of anilines is 1. The molecule has 1 heterocycles. The van der Waals surface area contributed by atoms with E-state index >= 15 is 0 Å². The summed E-state index contributed by atoms with van der Waals surface area (Å²) >= 11 is 0. The summed E-state index contributed by atoms with van der Waals surface area (Å²) in [6.07, 6.45) is 5.40. The summed E-state index contributed by atoms with van der Waals surface area (Å²) in [7, 11) is 0. The van der Waals surface area contributed by atoms with E-state index in [2.05, 4.69) is 23.5 Å². The summed E-state index contributed by atoms with van der Waals surface area (Å²) in [5.74, 6) is -0.708. The second-order valence-corrected chi connectivity index (χ2v) is 4.58. The van der Waals surface area contributed by atoms with E-state index in [-0.39, 0.29) is 6.42 Å². The smallest absolute Gasteiger partial charge is 0.303 e. The van der Waals surface area contributed by atoms with Gasteiger partial charge in [0.25, 0.3) is 0 Å². The van der Waals surface area contributed by atoms with Gasteiger partial charge >= 0.3 is 5.97 Å². The van der Waals surface area contributed by atoms with Gasteiger partial charge in [-0.2, -0.15) is 0 Å². The number of hydrogen-bond donors (Lipinski definition) is 2. The molecule has 0 atom stereocenters. The van der Waals surface area contributed by atoms with Crippen molar-refractivity contribution < 1.29 is 9.90 Å². The van der Waals surface area contributed by atoms with Crippen molar-refractivity contribution in [1.29, 1.82) is 0 Å². The molecule has 0 saturated heterocycles. The summed E-state index contributed by atoms with van der Waals surface area (Å²) in [5.41, 5.74) is 3.91. The highest BCUT2D eigenvalue weighted by molar-refractivity contribution is 5.66. The molecule has 3 nitrogen and oxygen atoms in total. The van der Waals surface area contributed by atoms with E-state index in [1.165, 1.54) is 29.7 Å². The Kier molecular flexibility index (Phi) is 4.02. The fraction of sp³-hybridized carbons (Fsp3) is 0.500. The quantitative estimate of drug-likeness (QED) is 0.840. The Hall–Kier alpha value is -1.51. The third-order valence-electron chi connectivity index (χ3n) is 3.25. The minimum Gasteiger partial charge on any atom is -0.481 e. The number of rotatable bonds is 4. The van der Waals surface area contributed by atoms with Crippen LogP contribution < -0.4 is 5.32 Å². The maximum absolute atomic E-state index is 10.5. The summed E-state index contributed by atoms with van der Waals surface area (Å²) in [6, 6.07) is 6.37. The van der Waals surface area contributed by atoms with Crippen molar-refractivity contribution in [3.8, 4) is 0 Å². The van der Waals surface area contributed by atoms with Crippen molar-refractivity contribution in [1.82, 2.24) is 0 Å². The van der Waals surface area contributed by atoms with Gasteiger partial charge in [-0.05, 0) is 43.2 Å². The van der Waals surface area contributed by atoms with Gasteiger partial charge in [0.05, 0.1) is 0 Å². The van der Waals surface area contributed by atoms with Crippen LogP contribution in [-0.4, -0.2) is 17.6 Å². The minimum absolute atomic E-state index is 0.254. The third-order valence-corrected chi connectivity index (χ3v) is 3.25. The Bertz CT molecular complexity index is 401. The Balaban J connectivity index is 2.08. The van der Waals surface area contributed by atoms with E-state index in [9.17, 15) is 4.79 Å². The van der Waals surface area contributed by atoms with Crippen molar-refractivity contribution >= 4 is 11.7 Å². The molecule has 0 saturated carbocycles. The number of hydrogen-bond acceptors (Lipinski definition) is 2. The molecule has 1 aliphatic rings. The van der Waals surface area contributed by atoms with Crippen LogP contribution in [0.5, 0.6) is 0 Å². The Morgan fingerprint density at radius 3 is 3.06 bits per heavy atom. The van der Waals surface area contributed by atoms with Crippen LogP contribution in [0.2, 0.25) is 0 Å². The molecule has 0 amide bonds. The number of para-hydroxylation sites is 1. The predicted molar refractivity (Wildman–Crippen MR) is 68.4 cm³/mol. The molecule has 0 spiro atoms. The molecule has 0 aliphatic carbocycles. The zero-order valence-corrected chi connectivity index (χ0v) is 10.0. The lowest BCUT2D eigenvalue weighted by molar-refractivity contribution is -0.137. The largest absolute Gasteiger partial charge is 0.481 e. The summed E-state index contributed by atoms with van der Waals surface area (Å²) in [6.45, 7) is 1.03. The molecule has 1 aromatic rings. The number of carboxylic acids is 1. The van der Waals surface area contributed by atoms with Gasteiger partial charge in [0.15, 0.2) is 0 Å². The minimum atomic E-state index is -0.708. The van der Waals surface area contributed by atoms with Crippen LogP contribution in [0, 0.1) is 0 Å². The topological polar surface area (TPSA) is 49.3 Å². The first-order valence-corrected chi connectivity index (χ1v) is 6.34. The molecule has 0 fully saturated rings. The molecule has 0 bridgehead atoms. The maximum atomic E-state index is 10.5. The third kappa shape index (κ3) is 3.22. The molecule has 1 aromatic carbocycles. The first-order valence-electron chi connectivity index (χ1n) is 6.34. The molecule has 0 unspecified atom stereocenters. The van der Waals surface area contributed by atoms with Gasteiger partial charge in [0, 0.05) is 18.7 Å². The molecule has 17 heavy (non-hydrogen) atoms. The van der Waals surface area contributed by atoms with Crippen molar-refractivity contribution in [3.63, 3.8) is 0 Å². The van der Waals surface area contributed by atoms with Crippen molar-refractivity contribution in [2.24, 2.45) is 0 Å². The van der Waals surface area contributed by atoms with Gasteiger partial charge in [-0.3, -0.25) is 4.79 Å². The SMILES string of the molecule is O=C(O)CCCc1cccc2c1NCCCC2. The number of carbonyl (C=O) groups is 1. The Labute approximate surface area is 102 Å².